The van der Waals surface area contributed by atoms with Gasteiger partial charge in [0.25, 0.3) is 5.91 Å². The number of halogens is 4. The van der Waals surface area contributed by atoms with Crippen LogP contribution in [-0.4, -0.2) is 22.2 Å². The van der Waals surface area contributed by atoms with Gasteiger partial charge in [-0.05, 0) is 36.2 Å². The van der Waals surface area contributed by atoms with Gasteiger partial charge in [-0.1, -0.05) is 41.9 Å². The molecule has 2 aromatic carbocycles. The maximum absolute atomic E-state index is 13.6. The van der Waals surface area contributed by atoms with Crippen molar-refractivity contribution in [2.24, 2.45) is 0 Å². The highest BCUT2D eigenvalue weighted by molar-refractivity contribution is 6.30. The lowest BCUT2D eigenvalue weighted by Crippen LogP contribution is -2.28. The number of carbonyl (C=O) groups is 1. The molecule has 0 atom stereocenters. The van der Waals surface area contributed by atoms with Gasteiger partial charge in [-0.3, -0.25) is 4.79 Å². The molecule has 0 aliphatic rings. The molecule has 0 saturated carbocycles. The molecule has 1 amide bonds. The van der Waals surface area contributed by atoms with Crippen LogP contribution in [0.2, 0.25) is 5.02 Å². The summed E-state index contributed by atoms with van der Waals surface area (Å²) in [5.74, 6) is -0.827. The number of para-hydroxylation sites is 1. The van der Waals surface area contributed by atoms with Gasteiger partial charge in [0.1, 0.15) is 0 Å². The second-order valence-corrected chi connectivity index (χ2v) is 6.22. The number of hydrogen-bond acceptors (Lipinski definition) is 2. The van der Waals surface area contributed by atoms with Gasteiger partial charge in [0.05, 0.1) is 17.4 Å². The van der Waals surface area contributed by atoms with Gasteiger partial charge >= 0.3 is 6.18 Å². The SMILES string of the molecule is O=C(NCCc1cccc(Cl)c1)c1cnn(-c2ccccc2)c1C(F)(F)F. The van der Waals surface area contributed by atoms with Crippen molar-refractivity contribution in [3.63, 3.8) is 0 Å². The normalized spacial score (nSPS) is 11.4. The quantitative estimate of drug-likeness (QED) is 0.693. The Morgan fingerprint density at radius 2 is 1.85 bits per heavy atom. The number of aromatic nitrogens is 2. The number of rotatable bonds is 5. The van der Waals surface area contributed by atoms with Crippen molar-refractivity contribution in [2.75, 3.05) is 6.54 Å². The van der Waals surface area contributed by atoms with E-state index in [9.17, 15) is 18.0 Å². The molecule has 0 unspecified atom stereocenters. The van der Waals surface area contributed by atoms with Crippen LogP contribution < -0.4 is 5.32 Å². The van der Waals surface area contributed by atoms with Gasteiger partial charge in [0, 0.05) is 11.6 Å². The Hall–Kier alpha value is -2.80. The van der Waals surface area contributed by atoms with Gasteiger partial charge < -0.3 is 5.32 Å². The molecule has 0 aliphatic carbocycles. The van der Waals surface area contributed by atoms with E-state index < -0.39 is 23.3 Å². The van der Waals surface area contributed by atoms with Crippen LogP contribution in [0.4, 0.5) is 13.2 Å². The minimum absolute atomic E-state index is 0.174. The van der Waals surface area contributed by atoms with Crippen LogP contribution in [0.3, 0.4) is 0 Å². The van der Waals surface area contributed by atoms with Crippen molar-refractivity contribution >= 4 is 17.5 Å². The van der Waals surface area contributed by atoms with Crippen molar-refractivity contribution in [3.8, 4) is 5.69 Å². The topological polar surface area (TPSA) is 46.9 Å². The molecule has 8 heteroatoms. The minimum atomic E-state index is -4.73. The van der Waals surface area contributed by atoms with E-state index in [4.69, 9.17) is 11.6 Å². The molecule has 140 valence electrons. The first-order chi connectivity index (χ1) is 12.9. The van der Waals surface area contributed by atoms with E-state index in [1.807, 2.05) is 6.07 Å². The van der Waals surface area contributed by atoms with Crippen molar-refractivity contribution in [2.45, 2.75) is 12.6 Å². The summed E-state index contributed by atoms with van der Waals surface area (Å²) < 4.78 is 41.4. The molecule has 27 heavy (non-hydrogen) atoms. The average Bonchev–Trinajstić information content (AvgIpc) is 3.08. The maximum atomic E-state index is 13.6. The number of hydrogen-bond donors (Lipinski definition) is 1. The smallest absolute Gasteiger partial charge is 0.352 e. The molecule has 0 saturated heterocycles. The molecule has 3 rings (SSSR count). The Labute approximate surface area is 158 Å². The Balaban J connectivity index is 1.79. The first-order valence-corrected chi connectivity index (χ1v) is 8.47. The summed E-state index contributed by atoms with van der Waals surface area (Å²) in [5.41, 5.74) is -0.520. The Kier molecular flexibility index (Phi) is 5.51. The standard InChI is InChI=1S/C19H15ClF3N3O/c20-14-6-4-5-13(11-14)9-10-24-18(27)16-12-25-26(17(16)19(21,22)23)15-7-2-1-3-8-15/h1-8,11-12H,9-10H2,(H,24,27). The summed E-state index contributed by atoms with van der Waals surface area (Å²) >= 11 is 5.89. The van der Waals surface area contributed by atoms with Crippen molar-refractivity contribution in [1.29, 1.82) is 0 Å². The van der Waals surface area contributed by atoms with Gasteiger partial charge in [-0.15, -0.1) is 0 Å². The van der Waals surface area contributed by atoms with Crippen LogP contribution in [0.1, 0.15) is 21.6 Å². The van der Waals surface area contributed by atoms with E-state index in [2.05, 4.69) is 10.4 Å². The first kappa shape index (κ1) is 19.0. The molecule has 1 N–H and O–H groups in total. The van der Waals surface area contributed by atoms with Crippen LogP contribution in [0.15, 0.2) is 60.8 Å². The third-order valence-electron chi connectivity index (χ3n) is 3.87. The number of alkyl halides is 3. The number of benzene rings is 2. The van der Waals surface area contributed by atoms with E-state index in [0.29, 0.717) is 11.4 Å². The van der Waals surface area contributed by atoms with E-state index in [-0.39, 0.29) is 12.2 Å². The summed E-state index contributed by atoms with van der Waals surface area (Å²) in [6.45, 7) is 0.174. The molecule has 0 spiro atoms. The monoisotopic (exact) mass is 393 g/mol. The summed E-state index contributed by atoms with van der Waals surface area (Å²) in [7, 11) is 0. The number of amides is 1. The summed E-state index contributed by atoms with van der Waals surface area (Å²) in [5, 5.41) is 6.84. The minimum Gasteiger partial charge on any atom is -0.352 e. The van der Waals surface area contributed by atoms with E-state index >= 15 is 0 Å². The second kappa shape index (κ2) is 7.84. The lowest BCUT2D eigenvalue weighted by molar-refractivity contribution is -0.143. The molecule has 1 heterocycles. The zero-order valence-corrected chi connectivity index (χ0v) is 14.8. The second-order valence-electron chi connectivity index (χ2n) is 5.79. The van der Waals surface area contributed by atoms with Crippen LogP contribution in [0, 0.1) is 0 Å². The van der Waals surface area contributed by atoms with Crippen LogP contribution in [-0.2, 0) is 12.6 Å². The van der Waals surface area contributed by atoms with Crippen molar-refractivity contribution in [3.05, 3.63) is 82.6 Å². The molecule has 0 bridgehead atoms. The number of nitrogens with one attached hydrogen (secondary N) is 1. The van der Waals surface area contributed by atoms with E-state index in [1.165, 1.54) is 12.1 Å². The molecular formula is C19H15ClF3N3O. The summed E-state index contributed by atoms with van der Waals surface area (Å²) in [4.78, 5) is 12.3. The fourth-order valence-corrected chi connectivity index (χ4v) is 2.87. The Morgan fingerprint density at radius 3 is 2.52 bits per heavy atom. The van der Waals surface area contributed by atoms with Crippen molar-refractivity contribution < 1.29 is 18.0 Å². The summed E-state index contributed by atoms with van der Waals surface area (Å²) in [6.07, 6.45) is -3.35. The Bertz CT molecular complexity index is 939. The molecule has 1 aromatic heterocycles. The van der Waals surface area contributed by atoms with Crippen LogP contribution >= 0.6 is 11.6 Å². The average molecular weight is 394 g/mol. The van der Waals surface area contributed by atoms with E-state index in [0.717, 1.165) is 16.4 Å². The fourth-order valence-electron chi connectivity index (χ4n) is 2.66. The predicted octanol–water partition coefficient (Wildman–Crippen LogP) is 4.52. The lowest BCUT2D eigenvalue weighted by Gasteiger charge is -2.13. The van der Waals surface area contributed by atoms with Gasteiger partial charge in [-0.2, -0.15) is 18.3 Å². The van der Waals surface area contributed by atoms with Gasteiger partial charge in [0.2, 0.25) is 0 Å². The maximum Gasteiger partial charge on any atom is 0.434 e. The predicted molar refractivity (Wildman–Crippen MR) is 96.1 cm³/mol. The fraction of sp³-hybridized carbons (Fsp3) is 0.158. The highest BCUT2D eigenvalue weighted by Gasteiger charge is 2.40. The van der Waals surface area contributed by atoms with Crippen LogP contribution in [0.5, 0.6) is 0 Å². The molecule has 0 radical (unpaired) electrons. The number of carbonyl (C=O) groups excluding carboxylic acids is 1. The first-order valence-electron chi connectivity index (χ1n) is 8.09. The Morgan fingerprint density at radius 1 is 1.11 bits per heavy atom. The van der Waals surface area contributed by atoms with Gasteiger partial charge in [-0.25, -0.2) is 4.68 Å². The van der Waals surface area contributed by atoms with Crippen LogP contribution in [0.25, 0.3) is 5.69 Å². The highest BCUT2D eigenvalue weighted by atomic mass is 35.5. The van der Waals surface area contributed by atoms with Gasteiger partial charge in [0.15, 0.2) is 5.69 Å². The zero-order valence-electron chi connectivity index (χ0n) is 14.0. The zero-order chi connectivity index (χ0) is 19.4. The molecule has 0 aliphatic heterocycles. The molecule has 3 aromatic rings. The third kappa shape index (κ3) is 4.49. The lowest BCUT2D eigenvalue weighted by atomic mass is 10.1. The highest BCUT2D eigenvalue weighted by Crippen LogP contribution is 2.33. The van der Waals surface area contributed by atoms with Crippen molar-refractivity contribution in [1.82, 2.24) is 15.1 Å². The largest absolute Gasteiger partial charge is 0.434 e. The molecular weight excluding hydrogens is 379 g/mol. The van der Waals surface area contributed by atoms with E-state index in [1.54, 1.807) is 36.4 Å². The number of nitrogens with zero attached hydrogens (tertiary/aromatic N) is 2. The third-order valence-corrected chi connectivity index (χ3v) is 4.11. The molecule has 0 fully saturated rings. The summed E-state index contributed by atoms with van der Waals surface area (Å²) in [6, 6.07) is 14.9. The molecule has 4 nitrogen and oxygen atoms in total.